The van der Waals surface area contributed by atoms with Crippen LogP contribution in [0.5, 0.6) is 0 Å². The zero-order valence-corrected chi connectivity index (χ0v) is 42.6. The molecule has 6 atom stereocenters. The fraction of sp³-hybridized carbons (Fsp3) is 0.868. The molecule has 12 nitrogen and oxygen atoms in total. The number of hydrogen-bond donors (Lipinski definition) is 4. The first-order chi connectivity index (χ1) is 32.1. The van der Waals surface area contributed by atoms with Crippen molar-refractivity contribution >= 4 is 16.4 Å². The molecule has 4 N–H and O–H groups in total. The molecule has 0 radical (unpaired) electrons. The standard InChI is InChI=1S/C53H98O12S/c1-3-5-7-9-11-13-15-17-19-21-23-24-25-26-28-30-32-34-36-38-40-42-49(55)63-47(46-62-53-51(57)52(65-66(58,59)60)50(56)48(44-54)64-53)45-61-43-41-39-37-35-33-31-29-27-22-20-18-16-14-12-10-8-6-4-2/h6,8,12,14,18,20,47-48,50-54,56-57H,3-5,7,9-11,13,15-17,19,21-46H2,1-2H3,(H,58,59,60)/b8-6-,14-12-,20-18-. The summed E-state index contributed by atoms with van der Waals surface area (Å²) in [4.78, 5) is 12.9. The van der Waals surface area contributed by atoms with Crippen LogP contribution < -0.4 is 0 Å². The smallest absolute Gasteiger partial charge is 0.397 e. The molecule has 1 aliphatic heterocycles. The van der Waals surface area contributed by atoms with Crippen LogP contribution in [0.25, 0.3) is 0 Å². The highest BCUT2D eigenvalue weighted by molar-refractivity contribution is 7.80. The van der Waals surface area contributed by atoms with Gasteiger partial charge in [0.25, 0.3) is 0 Å². The van der Waals surface area contributed by atoms with Crippen LogP contribution in [0.1, 0.15) is 232 Å². The molecule has 1 fully saturated rings. The van der Waals surface area contributed by atoms with E-state index < -0.39 is 59.8 Å². The normalized spacial score (nSPS) is 19.8. The lowest BCUT2D eigenvalue weighted by Gasteiger charge is -2.41. The van der Waals surface area contributed by atoms with Crippen molar-refractivity contribution in [3.05, 3.63) is 36.5 Å². The van der Waals surface area contributed by atoms with E-state index >= 15 is 0 Å². The van der Waals surface area contributed by atoms with E-state index in [-0.39, 0.29) is 19.6 Å². The highest BCUT2D eigenvalue weighted by Gasteiger charge is 2.48. The van der Waals surface area contributed by atoms with Gasteiger partial charge < -0.3 is 34.3 Å². The van der Waals surface area contributed by atoms with Gasteiger partial charge in [-0.1, -0.05) is 217 Å². The summed E-state index contributed by atoms with van der Waals surface area (Å²) in [5.41, 5.74) is 0. The van der Waals surface area contributed by atoms with Crippen molar-refractivity contribution in [3.8, 4) is 0 Å². The lowest BCUT2D eigenvalue weighted by atomic mass is 9.99. The van der Waals surface area contributed by atoms with Gasteiger partial charge in [0.05, 0.1) is 19.8 Å². The minimum Gasteiger partial charge on any atom is -0.457 e. The molecule has 13 heteroatoms. The predicted molar refractivity (Wildman–Crippen MR) is 267 cm³/mol. The van der Waals surface area contributed by atoms with Crippen molar-refractivity contribution in [3.63, 3.8) is 0 Å². The van der Waals surface area contributed by atoms with Crippen LogP contribution in [0.3, 0.4) is 0 Å². The first-order valence-electron chi connectivity index (χ1n) is 26.7. The number of unbranched alkanes of at least 4 members (excludes halogenated alkanes) is 28. The van der Waals surface area contributed by atoms with Crippen LogP contribution in [-0.4, -0.2) is 97.5 Å². The number of aliphatic hydroxyl groups excluding tert-OH is 3. The fourth-order valence-electron chi connectivity index (χ4n) is 8.28. The molecule has 0 spiro atoms. The molecule has 0 aliphatic carbocycles. The number of carbonyl (C=O) groups is 1. The van der Waals surface area contributed by atoms with Gasteiger partial charge >= 0.3 is 16.4 Å². The molecule has 388 valence electrons. The zero-order valence-electron chi connectivity index (χ0n) is 41.8. The van der Waals surface area contributed by atoms with Crippen molar-refractivity contribution < 1.29 is 56.2 Å². The van der Waals surface area contributed by atoms with Crippen LogP contribution in [-0.2, 0) is 38.3 Å². The van der Waals surface area contributed by atoms with E-state index in [1.807, 2.05) is 0 Å². The average molecular weight is 959 g/mol. The second-order valence-electron chi connectivity index (χ2n) is 18.4. The lowest BCUT2D eigenvalue weighted by molar-refractivity contribution is -0.301. The second-order valence-corrected chi connectivity index (χ2v) is 19.5. The van der Waals surface area contributed by atoms with E-state index in [9.17, 15) is 33.1 Å². The molecule has 0 aromatic rings. The average Bonchev–Trinajstić information content (AvgIpc) is 3.29. The van der Waals surface area contributed by atoms with Crippen molar-refractivity contribution in [2.45, 2.75) is 269 Å². The first-order valence-corrected chi connectivity index (χ1v) is 28.1. The lowest BCUT2D eigenvalue weighted by Crippen LogP contribution is -2.60. The first kappa shape index (κ1) is 62.3. The molecule has 0 saturated carbocycles. The molecule has 0 aromatic heterocycles. The number of hydrogen-bond acceptors (Lipinski definition) is 11. The number of carbonyl (C=O) groups excluding carboxylic acids is 1. The molecule has 1 heterocycles. The van der Waals surface area contributed by atoms with E-state index in [0.29, 0.717) is 13.0 Å². The summed E-state index contributed by atoms with van der Waals surface area (Å²) in [6, 6.07) is 0. The molecule has 0 bridgehead atoms. The molecule has 0 amide bonds. The van der Waals surface area contributed by atoms with E-state index in [4.69, 9.17) is 18.9 Å². The van der Waals surface area contributed by atoms with Gasteiger partial charge in [-0.05, 0) is 44.9 Å². The summed E-state index contributed by atoms with van der Waals surface area (Å²) >= 11 is 0. The maximum Gasteiger partial charge on any atom is 0.397 e. The molecule has 1 rings (SSSR count). The Labute approximate surface area is 403 Å². The topological polar surface area (TPSA) is 178 Å². The summed E-state index contributed by atoms with van der Waals surface area (Å²) in [6.07, 6.45) is 44.6. The number of rotatable bonds is 47. The summed E-state index contributed by atoms with van der Waals surface area (Å²) in [5, 5.41) is 30.8. The van der Waals surface area contributed by atoms with Crippen LogP contribution in [0.4, 0.5) is 0 Å². The van der Waals surface area contributed by atoms with Crippen LogP contribution >= 0.6 is 0 Å². The van der Waals surface area contributed by atoms with E-state index in [1.54, 1.807) is 0 Å². The Morgan fingerprint density at radius 2 is 1.05 bits per heavy atom. The van der Waals surface area contributed by atoms with Gasteiger partial charge in [-0.3, -0.25) is 9.35 Å². The number of aliphatic hydroxyl groups is 3. The van der Waals surface area contributed by atoms with Crippen molar-refractivity contribution in [1.29, 1.82) is 0 Å². The fourth-order valence-corrected chi connectivity index (χ4v) is 8.79. The van der Waals surface area contributed by atoms with E-state index in [1.165, 1.54) is 141 Å². The molecule has 0 aromatic carbocycles. The summed E-state index contributed by atoms with van der Waals surface area (Å²) in [5.74, 6) is -0.398. The van der Waals surface area contributed by atoms with Crippen LogP contribution in [0.2, 0.25) is 0 Å². The Hall–Kier alpha value is -1.68. The summed E-state index contributed by atoms with van der Waals surface area (Å²) in [6.45, 7) is 3.91. The van der Waals surface area contributed by atoms with Crippen molar-refractivity contribution in [1.82, 2.24) is 0 Å². The summed E-state index contributed by atoms with van der Waals surface area (Å²) < 4.78 is 59.3. The van der Waals surface area contributed by atoms with Gasteiger partial charge in [-0.25, -0.2) is 4.18 Å². The zero-order chi connectivity index (χ0) is 48.2. The Morgan fingerprint density at radius 3 is 1.53 bits per heavy atom. The third-order valence-electron chi connectivity index (χ3n) is 12.3. The van der Waals surface area contributed by atoms with Gasteiger partial charge in [-0.15, -0.1) is 0 Å². The third-order valence-corrected chi connectivity index (χ3v) is 12.7. The maximum atomic E-state index is 12.9. The highest BCUT2D eigenvalue weighted by atomic mass is 32.3. The monoisotopic (exact) mass is 959 g/mol. The van der Waals surface area contributed by atoms with E-state index in [0.717, 1.165) is 64.2 Å². The molecule has 1 aliphatic rings. The van der Waals surface area contributed by atoms with Crippen molar-refractivity contribution in [2.24, 2.45) is 0 Å². The molecular formula is C53H98O12S. The predicted octanol–water partition coefficient (Wildman–Crippen LogP) is 12.5. The van der Waals surface area contributed by atoms with Gasteiger partial charge in [0.2, 0.25) is 0 Å². The number of esters is 1. The quantitative estimate of drug-likeness (QED) is 0.0197. The maximum absolute atomic E-state index is 12.9. The van der Waals surface area contributed by atoms with Gasteiger partial charge in [-0.2, -0.15) is 8.42 Å². The summed E-state index contributed by atoms with van der Waals surface area (Å²) in [7, 11) is -5.07. The molecular weight excluding hydrogens is 861 g/mol. The Morgan fingerprint density at radius 1 is 0.591 bits per heavy atom. The second kappa shape index (κ2) is 44.5. The van der Waals surface area contributed by atoms with Gasteiger partial charge in [0.1, 0.15) is 30.5 Å². The Bertz CT molecular complexity index is 1290. The van der Waals surface area contributed by atoms with E-state index in [2.05, 4.69) is 54.5 Å². The Kier molecular flexibility index (Phi) is 42.1. The molecule has 1 saturated heterocycles. The van der Waals surface area contributed by atoms with Crippen LogP contribution in [0, 0.1) is 0 Å². The van der Waals surface area contributed by atoms with Crippen LogP contribution in [0.15, 0.2) is 36.5 Å². The largest absolute Gasteiger partial charge is 0.457 e. The molecule has 6 unspecified atom stereocenters. The number of allylic oxidation sites excluding steroid dienone is 6. The molecule has 66 heavy (non-hydrogen) atoms. The number of ether oxygens (including phenoxy) is 4. The Balaban J connectivity index is 2.33. The van der Waals surface area contributed by atoms with Crippen molar-refractivity contribution in [2.75, 3.05) is 26.4 Å². The minimum atomic E-state index is -5.07. The van der Waals surface area contributed by atoms with Gasteiger partial charge in [0, 0.05) is 13.0 Å². The SMILES string of the molecule is CC/C=C\C/C=C\C/C=C\CCCCCCCCCCOCC(COC1OC(CO)C(O)C(OS(=O)(=O)O)C1O)OC(=O)CCCCCCCCCCCCCCCCCCCCCCC. The van der Waals surface area contributed by atoms with Gasteiger partial charge in [0.15, 0.2) is 6.29 Å². The highest BCUT2D eigenvalue weighted by Crippen LogP contribution is 2.26. The minimum absolute atomic E-state index is 0.0336. The third kappa shape index (κ3) is 37.2.